The molecule has 4 heterocycles. The lowest BCUT2D eigenvalue weighted by molar-refractivity contribution is 0.183. The zero-order chi connectivity index (χ0) is 19.3. The minimum atomic E-state index is -0.362. The molecule has 146 valence electrons. The fourth-order valence-electron chi connectivity index (χ4n) is 4.51. The first-order valence-electron chi connectivity index (χ1n) is 9.58. The number of rotatable bonds is 1. The average molecular weight is 383 g/mol. The molecule has 2 amide bonds. The number of hydrogen-bond donors (Lipinski definition) is 0. The Morgan fingerprint density at radius 3 is 2.93 bits per heavy atom. The number of ether oxygens (including phenoxy) is 1. The van der Waals surface area contributed by atoms with Crippen molar-refractivity contribution in [2.75, 3.05) is 42.6 Å². The molecule has 8 heteroatoms. The normalized spacial score (nSPS) is 22.6. The number of halogens is 1. The van der Waals surface area contributed by atoms with Crippen molar-refractivity contribution >= 4 is 17.5 Å². The molecular formula is C20H22FN5O2. The van der Waals surface area contributed by atoms with Crippen molar-refractivity contribution in [3.8, 4) is 5.75 Å². The van der Waals surface area contributed by atoms with E-state index < -0.39 is 0 Å². The highest BCUT2D eigenvalue weighted by molar-refractivity contribution is 5.95. The number of amides is 2. The third-order valence-corrected chi connectivity index (χ3v) is 5.95. The molecule has 0 saturated carbocycles. The number of carbonyl (C=O) groups is 1. The van der Waals surface area contributed by atoms with Gasteiger partial charge in [0.25, 0.3) is 0 Å². The first-order chi connectivity index (χ1) is 13.5. The standard InChI is InChI=1S/C20H22FN5O2/c1-14-10-28-17-9-15(21)4-5-16(17)26(14)19(27)24-8-6-20(11-24)12-25(13-20)18-3-2-7-22-23-18/h2-5,7,9,14H,6,8,10-13H2,1H3. The van der Waals surface area contributed by atoms with Gasteiger partial charge in [-0.1, -0.05) is 0 Å². The Morgan fingerprint density at radius 2 is 2.14 bits per heavy atom. The number of likely N-dealkylation sites (tertiary alicyclic amines) is 1. The number of nitrogens with zero attached hydrogens (tertiary/aromatic N) is 5. The van der Waals surface area contributed by atoms with E-state index in [0.29, 0.717) is 18.0 Å². The van der Waals surface area contributed by atoms with Crippen LogP contribution in [0.1, 0.15) is 13.3 Å². The number of benzene rings is 1. The summed E-state index contributed by atoms with van der Waals surface area (Å²) >= 11 is 0. The number of aromatic nitrogens is 2. The van der Waals surface area contributed by atoms with Gasteiger partial charge in [-0.15, -0.1) is 5.10 Å². The molecule has 3 aliphatic heterocycles. The summed E-state index contributed by atoms with van der Waals surface area (Å²) < 4.78 is 19.2. The minimum absolute atomic E-state index is 0.0292. The second-order valence-corrected chi connectivity index (χ2v) is 8.03. The summed E-state index contributed by atoms with van der Waals surface area (Å²) in [5.74, 6) is 0.952. The summed E-state index contributed by atoms with van der Waals surface area (Å²) in [6, 6.07) is 8.07. The molecule has 1 spiro atoms. The van der Waals surface area contributed by atoms with Crippen LogP contribution in [0.4, 0.5) is 20.7 Å². The molecule has 5 rings (SSSR count). The van der Waals surface area contributed by atoms with Gasteiger partial charge in [-0.3, -0.25) is 4.90 Å². The van der Waals surface area contributed by atoms with Crippen molar-refractivity contribution in [3.05, 3.63) is 42.3 Å². The summed E-state index contributed by atoms with van der Waals surface area (Å²) in [5.41, 5.74) is 0.759. The lowest BCUT2D eigenvalue weighted by Crippen LogP contribution is -2.59. The van der Waals surface area contributed by atoms with E-state index in [2.05, 4.69) is 15.1 Å². The Hall–Kier alpha value is -2.90. The summed E-state index contributed by atoms with van der Waals surface area (Å²) in [4.78, 5) is 19.2. The van der Waals surface area contributed by atoms with Gasteiger partial charge in [-0.2, -0.15) is 5.10 Å². The molecule has 0 aliphatic carbocycles. The lowest BCUT2D eigenvalue weighted by Gasteiger charge is -2.48. The SMILES string of the molecule is CC1COc2cc(F)ccc2N1C(=O)N1CCC2(C1)CN(c1cccnn1)C2. The van der Waals surface area contributed by atoms with Gasteiger partial charge in [0.15, 0.2) is 5.82 Å². The van der Waals surface area contributed by atoms with Crippen molar-refractivity contribution in [1.82, 2.24) is 15.1 Å². The summed E-state index contributed by atoms with van der Waals surface area (Å²) in [6.07, 6.45) is 2.65. The summed E-state index contributed by atoms with van der Waals surface area (Å²) in [7, 11) is 0. The topological polar surface area (TPSA) is 61.8 Å². The lowest BCUT2D eigenvalue weighted by atomic mass is 9.79. The Bertz CT molecular complexity index is 903. The molecule has 1 unspecified atom stereocenters. The molecule has 28 heavy (non-hydrogen) atoms. The zero-order valence-corrected chi connectivity index (χ0v) is 15.7. The molecule has 1 aromatic heterocycles. The summed E-state index contributed by atoms with van der Waals surface area (Å²) in [6.45, 7) is 5.54. The number of hydrogen-bond acceptors (Lipinski definition) is 5. The van der Waals surface area contributed by atoms with Crippen LogP contribution in [0, 0.1) is 11.2 Å². The van der Waals surface area contributed by atoms with Crippen molar-refractivity contribution in [3.63, 3.8) is 0 Å². The molecule has 0 N–H and O–H groups in total. The first kappa shape index (κ1) is 17.2. The molecule has 2 fully saturated rings. The average Bonchev–Trinajstić information content (AvgIpc) is 3.13. The highest BCUT2D eigenvalue weighted by Gasteiger charge is 2.50. The van der Waals surface area contributed by atoms with Crippen LogP contribution in [-0.4, -0.2) is 60.0 Å². The van der Waals surface area contributed by atoms with Crippen molar-refractivity contribution in [2.24, 2.45) is 5.41 Å². The highest BCUT2D eigenvalue weighted by Crippen LogP contribution is 2.42. The molecule has 1 atom stereocenters. The van der Waals surface area contributed by atoms with E-state index in [0.717, 1.165) is 38.4 Å². The third-order valence-electron chi connectivity index (χ3n) is 5.95. The smallest absolute Gasteiger partial charge is 0.324 e. The van der Waals surface area contributed by atoms with Gasteiger partial charge in [-0.05, 0) is 37.6 Å². The first-order valence-corrected chi connectivity index (χ1v) is 9.58. The molecular weight excluding hydrogens is 361 g/mol. The van der Waals surface area contributed by atoms with Gasteiger partial charge in [0.2, 0.25) is 0 Å². The van der Waals surface area contributed by atoms with E-state index in [1.165, 1.54) is 12.1 Å². The van der Waals surface area contributed by atoms with Crippen molar-refractivity contribution < 1.29 is 13.9 Å². The zero-order valence-electron chi connectivity index (χ0n) is 15.7. The van der Waals surface area contributed by atoms with Crippen LogP contribution < -0.4 is 14.5 Å². The molecule has 2 aromatic rings. The quantitative estimate of drug-likeness (QED) is 0.757. The van der Waals surface area contributed by atoms with Crippen LogP contribution in [0.15, 0.2) is 36.5 Å². The fourth-order valence-corrected chi connectivity index (χ4v) is 4.51. The van der Waals surface area contributed by atoms with E-state index in [-0.39, 0.29) is 23.3 Å². The second kappa shape index (κ2) is 6.32. The molecule has 1 aromatic carbocycles. The number of carbonyl (C=O) groups excluding carboxylic acids is 1. The predicted octanol–water partition coefficient (Wildman–Crippen LogP) is 2.54. The number of urea groups is 1. The van der Waals surface area contributed by atoms with Gasteiger partial charge in [0, 0.05) is 43.9 Å². The Kier molecular flexibility index (Phi) is 3.89. The molecule has 0 radical (unpaired) electrons. The molecule has 3 aliphatic rings. The Morgan fingerprint density at radius 1 is 1.29 bits per heavy atom. The van der Waals surface area contributed by atoms with Gasteiger partial charge in [-0.25, -0.2) is 9.18 Å². The van der Waals surface area contributed by atoms with Gasteiger partial charge < -0.3 is 14.5 Å². The van der Waals surface area contributed by atoms with Crippen molar-refractivity contribution in [2.45, 2.75) is 19.4 Å². The van der Waals surface area contributed by atoms with E-state index >= 15 is 0 Å². The van der Waals surface area contributed by atoms with Gasteiger partial charge >= 0.3 is 6.03 Å². The van der Waals surface area contributed by atoms with Gasteiger partial charge in [0.1, 0.15) is 18.2 Å². The van der Waals surface area contributed by atoms with E-state index in [4.69, 9.17) is 4.74 Å². The van der Waals surface area contributed by atoms with Crippen LogP contribution in [-0.2, 0) is 0 Å². The highest BCUT2D eigenvalue weighted by atomic mass is 19.1. The number of fused-ring (bicyclic) bond motifs is 1. The predicted molar refractivity (Wildman–Crippen MR) is 102 cm³/mol. The minimum Gasteiger partial charge on any atom is -0.489 e. The van der Waals surface area contributed by atoms with Crippen LogP contribution in [0.25, 0.3) is 0 Å². The third kappa shape index (κ3) is 2.75. The maximum atomic E-state index is 13.5. The van der Waals surface area contributed by atoms with Crippen LogP contribution in [0.3, 0.4) is 0 Å². The molecule has 7 nitrogen and oxygen atoms in total. The largest absolute Gasteiger partial charge is 0.489 e. The van der Waals surface area contributed by atoms with Crippen LogP contribution in [0.2, 0.25) is 0 Å². The van der Waals surface area contributed by atoms with Gasteiger partial charge in [0.05, 0.1) is 11.7 Å². The summed E-state index contributed by atoms with van der Waals surface area (Å²) in [5, 5.41) is 8.11. The molecule has 2 saturated heterocycles. The maximum Gasteiger partial charge on any atom is 0.324 e. The van der Waals surface area contributed by atoms with Crippen LogP contribution >= 0.6 is 0 Å². The fraction of sp³-hybridized carbons (Fsp3) is 0.450. The second-order valence-electron chi connectivity index (χ2n) is 8.03. The molecule has 0 bridgehead atoms. The van der Waals surface area contributed by atoms with E-state index in [9.17, 15) is 9.18 Å². The van der Waals surface area contributed by atoms with Crippen molar-refractivity contribution in [1.29, 1.82) is 0 Å². The van der Waals surface area contributed by atoms with Crippen LogP contribution in [0.5, 0.6) is 5.75 Å². The Labute approximate surface area is 162 Å². The van der Waals surface area contributed by atoms with E-state index in [1.54, 1.807) is 17.2 Å². The number of anilines is 2. The van der Waals surface area contributed by atoms with E-state index in [1.807, 2.05) is 24.0 Å². The maximum absolute atomic E-state index is 13.5. The Balaban J connectivity index is 1.30. The monoisotopic (exact) mass is 383 g/mol.